The summed E-state index contributed by atoms with van der Waals surface area (Å²) in [6, 6.07) is 0. The van der Waals surface area contributed by atoms with Gasteiger partial charge in [-0.2, -0.15) is 5.10 Å². The van der Waals surface area contributed by atoms with Crippen molar-refractivity contribution in [3.05, 3.63) is 16.3 Å². The predicted octanol–water partition coefficient (Wildman–Crippen LogP) is 0.0583. The van der Waals surface area contributed by atoms with Crippen LogP contribution in [0, 0.1) is 0 Å². The van der Waals surface area contributed by atoms with Crippen molar-refractivity contribution >= 4 is 0 Å². The topological polar surface area (TPSA) is 62.7 Å². The van der Waals surface area contributed by atoms with Crippen LogP contribution in [0.2, 0.25) is 0 Å². The fourth-order valence-corrected chi connectivity index (χ4v) is 2.03. The second kappa shape index (κ2) is 3.96. The fraction of sp³-hybridized carbons (Fsp3) is 0.778. The zero-order chi connectivity index (χ0) is 9.97. The normalized spacial score (nSPS) is 18.6. The van der Waals surface area contributed by atoms with Crippen LogP contribution in [-0.2, 0) is 6.54 Å². The number of aromatic nitrogens is 3. The van der Waals surface area contributed by atoms with Gasteiger partial charge in [-0.15, -0.1) is 0 Å². The summed E-state index contributed by atoms with van der Waals surface area (Å²) in [5.74, 6) is 1.37. The van der Waals surface area contributed by atoms with E-state index in [0.29, 0.717) is 12.5 Å². The monoisotopic (exact) mass is 196 g/mol. The average molecular weight is 196 g/mol. The number of nitrogens with one attached hydrogen (secondary N) is 2. The van der Waals surface area contributed by atoms with E-state index in [1.165, 1.54) is 0 Å². The van der Waals surface area contributed by atoms with Gasteiger partial charge in [-0.05, 0) is 32.9 Å². The van der Waals surface area contributed by atoms with Gasteiger partial charge in [0, 0.05) is 12.5 Å². The molecule has 0 saturated carbocycles. The maximum absolute atomic E-state index is 11.3. The molecule has 0 amide bonds. The molecule has 1 aromatic heterocycles. The van der Waals surface area contributed by atoms with Gasteiger partial charge in [0.25, 0.3) is 0 Å². The molecule has 0 atom stereocenters. The van der Waals surface area contributed by atoms with E-state index in [9.17, 15) is 4.79 Å². The smallest absolute Gasteiger partial charge is 0.317 e. The predicted molar refractivity (Wildman–Crippen MR) is 53.4 cm³/mol. The Balaban J connectivity index is 2.25. The molecule has 1 aliphatic heterocycles. The zero-order valence-corrected chi connectivity index (χ0v) is 8.42. The summed E-state index contributed by atoms with van der Waals surface area (Å²) in [4.78, 5) is 11.3. The minimum atomic E-state index is -0.0824. The first-order chi connectivity index (χ1) is 6.83. The summed E-state index contributed by atoms with van der Waals surface area (Å²) < 4.78 is 1.73. The summed E-state index contributed by atoms with van der Waals surface area (Å²) in [5, 5.41) is 9.93. The molecule has 1 aromatic rings. The van der Waals surface area contributed by atoms with Crippen LogP contribution in [0.15, 0.2) is 4.79 Å². The SMILES string of the molecule is CCn1c(C2CCNCC2)n[nH]c1=O. The molecule has 2 N–H and O–H groups in total. The lowest BCUT2D eigenvalue weighted by molar-refractivity contribution is 0.430. The van der Waals surface area contributed by atoms with Crippen LogP contribution < -0.4 is 11.0 Å². The van der Waals surface area contributed by atoms with Gasteiger partial charge >= 0.3 is 5.69 Å². The molecule has 0 unspecified atom stereocenters. The van der Waals surface area contributed by atoms with E-state index in [1.54, 1.807) is 4.57 Å². The third kappa shape index (κ3) is 1.59. The van der Waals surface area contributed by atoms with Gasteiger partial charge in [-0.3, -0.25) is 4.57 Å². The minimum Gasteiger partial charge on any atom is -0.317 e. The molecule has 1 saturated heterocycles. The highest BCUT2D eigenvalue weighted by molar-refractivity contribution is 4.98. The van der Waals surface area contributed by atoms with E-state index in [-0.39, 0.29) is 5.69 Å². The molecular weight excluding hydrogens is 180 g/mol. The van der Waals surface area contributed by atoms with Crippen LogP contribution in [0.1, 0.15) is 31.5 Å². The molecule has 0 spiro atoms. The van der Waals surface area contributed by atoms with Crippen molar-refractivity contribution in [2.75, 3.05) is 13.1 Å². The molecule has 14 heavy (non-hydrogen) atoms. The van der Waals surface area contributed by atoms with Gasteiger partial charge in [0.1, 0.15) is 5.82 Å². The highest BCUT2D eigenvalue weighted by Gasteiger charge is 2.20. The first-order valence-electron chi connectivity index (χ1n) is 5.18. The Hall–Kier alpha value is -1.10. The summed E-state index contributed by atoms with van der Waals surface area (Å²) >= 11 is 0. The van der Waals surface area contributed by atoms with E-state index in [1.807, 2.05) is 6.92 Å². The van der Waals surface area contributed by atoms with Crippen molar-refractivity contribution < 1.29 is 0 Å². The Morgan fingerprint density at radius 1 is 1.50 bits per heavy atom. The molecule has 0 aliphatic carbocycles. The molecule has 1 aliphatic rings. The largest absolute Gasteiger partial charge is 0.343 e. The van der Waals surface area contributed by atoms with Crippen molar-refractivity contribution in [1.82, 2.24) is 20.1 Å². The van der Waals surface area contributed by atoms with Crippen molar-refractivity contribution in [3.8, 4) is 0 Å². The first-order valence-corrected chi connectivity index (χ1v) is 5.18. The van der Waals surface area contributed by atoms with Gasteiger partial charge in [0.2, 0.25) is 0 Å². The number of nitrogens with zero attached hydrogens (tertiary/aromatic N) is 2. The van der Waals surface area contributed by atoms with Crippen molar-refractivity contribution in [3.63, 3.8) is 0 Å². The Kier molecular flexibility index (Phi) is 2.67. The molecule has 0 radical (unpaired) electrons. The van der Waals surface area contributed by atoms with Gasteiger partial charge in [0.05, 0.1) is 0 Å². The number of hydrogen-bond acceptors (Lipinski definition) is 3. The molecule has 2 rings (SSSR count). The lowest BCUT2D eigenvalue weighted by atomic mass is 9.97. The van der Waals surface area contributed by atoms with Gasteiger partial charge < -0.3 is 5.32 Å². The van der Waals surface area contributed by atoms with Crippen molar-refractivity contribution in [1.29, 1.82) is 0 Å². The Morgan fingerprint density at radius 3 is 2.86 bits per heavy atom. The van der Waals surface area contributed by atoms with Crippen LogP contribution in [0.25, 0.3) is 0 Å². The molecule has 0 aromatic carbocycles. The van der Waals surface area contributed by atoms with Crippen molar-refractivity contribution in [2.24, 2.45) is 0 Å². The number of hydrogen-bond donors (Lipinski definition) is 2. The Labute approximate surface area is 82.5 Å². The first kappa shape index (κ1) is 9.45. The molecule has 2 heterocycles. The van der Waals surface area contributed by atoms with Crippen LogP contribution in [0.4, 0.5) is 0 Å². The number of H-pyrrole nitrogens is 1. The summed E-state index contributed by atoms with van der Waals surface area (Å²) in [6.45, 7) is 4.72. The second-order valence-electron chi connectivity index (χ2n) is 3.66. The summed E-state index contributed by atoms with van der Waals surface area (Å²) in [7, 11) is 0. The van der Waals surface area contributed by atoms with E-state index < -0.39 is 0 Å². The molecule has 5 nitrogen and oxygen atoms in total. The molecular formula is C9H16N4O. The average Bonchev–Trinajstić information content (AvgIpc) is 2.61. The van der Waals surface area contributed by atoms with Gasteiger partial charge in [-0.25, -0.2) is 9.89 Å². The number of piperidine rings is 1. The minimum absolute atomic E-state index is 0.0824. The zero-order valence-electron chi connectivity index (χ0n) is 8.42. The van der Waals surface area contributed by atoms with Crippen molar-refractivity contribution in [2.45, 2.75) is 32.2 Å². The Morgan fingerprint density at radius 2 is 2.21 bits per heavy atom. The Bertz CT molecular complexity index is 348. The third-order valence-corrected chi connectivity index (χ3v) is 2.81. The van der Waals surface area contributed by atoms with Crippen LogP contribution in [0.5, 0.6) is 0 Å². The maximum Gasteiger partial charge on any atom is 0.343 e. The molecule has 5 heteroatoms. The van der Waals surface area contributed by atoms with Crippen LogP contribution in [0.3, 0.4) is 0 Å². The summed E-state index contributed by atoms with van der Waals surface area (Å²) in [5.41, 5.74) is -0.0824. The third-order valence-electron chi connectivity index (χ3n) is 2.81. The summed E-state index contributed by atoms with van der Waals surface area (Å²) in [6.07, 6.45) is 2.15. The number of aromatic amines is 1. The van der Waals surface area contributed by atoms with E-state index in [0.717, 1.165) is 31.8 Å². The van der Waals surface area contributed by atoms with Gasteiger partial charge in [0.15, 0.2) is 0 Å². The van der Waals surface area contributed by atoms with E-state index >= 15 is 0 Å². The highest BCUT2D eigenvalue weighted by atomic mass is 16.1. The van der Waals surface area contributed by atoms with E-state index in [4.69, 9.17) is 0 Å². The quantitative estimate of drug-likeness (QED) is 0.703. The van der Waals surface area contributed by atoms with Crippen LogP contribution in [-0.4, -0.2) is 27.9 Å². The maximum atomic E-state index is 11.3. The lowest BCUT2D eigenvalue weighted by Crippen LogP contribution is -2.29. The van der Waals surface area contributed by atoms with Gasteiger partial charge in [-0.1, -0.05) is 0 Å². The van der Waals surface area contributed by atoms with Crippen LogP contribution >= 0.6 is 0 Å². The lowest BCUT2D eigenvalue weighted by Gasteiger charge is -2.21. The molecule has 78 valence electrons. The van der Waals surface area contributed by atoms with E-state index in [2.05, 4.69) is 15.5 Å². The molecule has 0 bridgehead atoms. The standard InChI is InChI=1S/C9H16N4O/c1-2-13-8(11-12-9(13)14)7-3-5-10-6-4-7/h7,10H,2-6H2,1H3,(H,12,14). The molecule has 1 fully saturated rings. The fourth-order valence-electron chi connectivity index (χ4n) is 2.03. The second-order valence-corrected chi connectivity index (χ2v) is 3.66. The highest BCUT2D eigenvalue weighted by Crippen LogP contribution is 2.21. The number of rotatable bonds is 2.